The summed E-state index contributed by atoms with van der Waals surface area (Å²) in [6, 6.07) is 7.39. The highest BCUT2D eigenvalue weighted by Gasteiger charge is 2.75. The summed E-state index contributed by atoms with van der Waals surface area (Å²) >= 11 is 0. The van der Waals surface area contributed by atoms with Gasteiger partial charge in [0.05, 0.1) is 23.9 Å². The highest BCUT2D eigenvalue weighted by molar-refractivity contribution is 6.26. The van der Waals surface area contributed by atoms with Gasteiger partial charge in [-0.1, -0.05) is 12.1 Å². The molecule has 10 heteroatoms. The third kappa shape index (κ3) is 2.49. The van der Waals surface area contributed by atoms with Crippen molar-refractivity contribution in [3.63, 3.8) is 0 Å². The minimum Gasteiger partial charge on any atom is -0.495 e. The molecule has 0 saturated carbocycles. The van der Waals surface area contributed by atoms with Crippen LogP contribution in [-0.2, 0) is 19.9 Å². The van der Waals surface area contributed by atoms with Gasteiger partial charge in [-0.25, -0.2) is 4.90 Å². The summed E-state index contributed by atoms with van der Waals surface area (Å²) in [5.74, 6) is -2.76. The molecule has 0 aliphatic carbocycles. The molecule has 3 amide bonds. The molecule has 4 aliphatic rings. The monoisotopic (exact) mass is 476 g/mol. The van der Waals surface area contributed by atoms with Crippen molar-refractivity contribution in [3.8, 4) is 5.75 Å². The highest BCUT2D eigenvalue weighted by atomic mass is 16.6. The van der Waals surface area contributed by atoms with E-state index in [0.29, 0.717) is 18.7 Å². The Kier molecular flexibility index (Phi) is 4.41. The van der Waals surface area contributed by atoms with Gasteiger partial charge >= 0.3 is 0 Å². The van der Waals surface area contributed by atoms with Crippen LogP contribution < -0.4 is 15.0 Å². The molecular formula is C25H24N4O6. The van der Waals surface area contributed by atoms with E-state index < -0.39 is 34.1 Å². The van der Waals surface area contributed by atoms with E-state index in [1.165, 1.54) is 25.3 Å². The maximum Gasteiger partial charge on any atom is 0.271 e. The summed E-state index contributed by atoms with van der Waals surface area (Å²) in [5, 5.41) is 14.5. The van der Waals surface area contributed by atoms with Crippen LogP contribution in [0.5, 0.6) is 5.75 Å². The second-order valence-electron chi connectivity index (χ2n) is 9.68. The molecule has 6 rings (SSSR count). The van der Waals surface area contributed by atoms with E-state index in [1.54, 1.807) is 0 Å². The third-order valence-corrected chi connectivity index (χ3v) is 8.31. The van der Waals surface area contributed by atoms with Crippen molar-refractivity contribution in [2.24, 2.45) is 11.8 Å². The average Bonchev–Trinajstić information content (AvgIpc) is 3.54. The molecule has 4 atom stereocenters. The molecule has 1 spiro atoms. The Hall–Kier alpha value is -3.79. The maximum atomic E-state index is 14.1. The summed E-state index contributed by atoms with van der Waals surface area (Å²) < 4.78 is 5.36. The van der Waals surface area contributed by atoms with Crippen molar-refractivity contribution >= 4 is 34.8 Å². The van der Waals surface area contributed by atoms with Crippen LogP contribution in [0.15, 0.2) is 30.3 Å². The van der Waals surface area contributed by atoms with Gasteiger partial charge in [0.2, 0.25) is 17.7 Å². The Bertz CT molecular complexity index is 1360. The average molecular weight is 476 g/mol. The number of ether oxygens (including phenoxy) is 1. The van der Waals surface area contributed by atoms with Crippen LogP contribution in [0.25, 0.3) is 0 Å². The van der Waals surface area contributed by atoms with Crippen molar-refractivity contribution in [1.82, 2.24) is 4.90 Å². The molecule has 2 aromatic carbocycles. The number of carbonyl (C=O) groups excluding carboxylic acids is 3. The lowest BCUT2D eigenvalue weighted by molar-refractivity contribution is -0.384. The number of hydrogen-bond acceptors (Lipinski definition) is 7. The molecule has 1 N–H and O–H groups in total. The number of rotatable bonds is 3. The Balaban J connectivity index is 1.56. The van der Waals surface area contributed by atoms with Gasteiger partial charge in [-0.05, 0) is 50.4 Å². The van der Waals surface area contributed by atoms with Gasteiger partial charge in [-0.15, -0.1) is 0 Å². The molecule has 2 aromatic rings. The molecule has 180 valence electrons. The summed E-state index contributed by atoms with van der Waals surface area (Å²) in [4.78, 5) is 55.7. The van der Waals surface area contributed by atoms with E-state index in [1.807, 2.05) is 26.0 Å². The molecule has 3 fully saturated rings. The summed E-state index contributed by atoms with van der Waals surface area (Å²) in [6.45, 7) is 4.50. The molecular weight excluding hydrogens is 452 g/mol. The number of nitro benzene ring substituents is 1. The fourth-order valence-electron chi connectivity index (χ4n) is 6.72. The second-order valence-corrected chi connectivity index (χ2v) is 9.68. The number of amides is 3. The van der Waals surface area contributed by atoms with Crippen LogP contribution >= 0.6 is 0 Å². The summed E-state index contributed by atoms with van der Waals surface area (Å²) in [7, 11) is 1.38. The van der Waals surface area contributed by atoms with Crippen LogP contribution in [0, 0.1) is 35.8 Å². The fraction of sp³-hybridized carbons (Fsp3) is 0.400. The Morgan fingerprint density at radius 1 is 1.14 bits per heavy atom. The lowest BCUT2D eigenvalue weighted by Gasteiger charge is -2.36. The SMILES string of the molecule is COc1ccc([N+](=O)[O-])cc1N1C(=O)[C@@H]2[C@@H]3CCCN3[C@]3(C(=O)Nc4c3ccc(C)c4C)[C@H]2C1=O. The number of aryl methyl sites for hydroxylation is 1. The molecule has 0 radical (unpaired) electrons. The number of methoxy groups -OCH3 is 1. The van der Waals surface area contributed by atoms with Crippen molar-refractivity contribution < 1.29 is 24.0 Å². The quantitative estimate of drug-likeness (QED) is 0.411. The predicted molar refractivity (Wildman–Crippen MR) is 125 cm³/mol. The predicted octanol–water partition coefficient (Wildman–Crippen LogP) is 2.65. The molecule has 35 heavy (non-hydrogen) atoms. The zero-order valence-electron chi connectivity index (χ0n) is 19.5. The molecule has 3 saturated heterocycles. The molecule has 0 unspecified atom stereocenters. The number of imide groups is 1. The first-order chi connectivity index (χ1) is 16.7. The fourth-order valence-corrected chi connectivity index (χ4v) is 6.72. The molecule has 4 aliphatic heterocycles. The van der Waals surface area contributed by atoms with Gasteiger partial charge in [0.15, 0.2) is 0 Å². The highest BCUT2D eigenvalue weighted by Crippen LogP contribution is 2.61. The van der Waals surface area contributed by atoms with Crippen molar-refractivity contribution in [1.29, 1.82) is 0 Å². The van der Waals surface area contributed by atoms with Crippen molar-refractivity contribution in [2.45, 2.75) is 38.3 Å². The van der Waals surface area contributed by atoms with E-state index in [0.717, 1.165) is 28.0 Å². The van der Waals surface area contributed by atoms with Crippen molar-refractivity contribution in [3.05, 3.63) is 57.1 Å². The number of carbonyl (C=O) groups is 3. The number of anilines is 2. The normalized spacial score (nSPS) is 28.9. The summed E-state index contributed by atoms with van der Waals surface area (Å²) in [6.07, 6.45) is 1.50. The number of benzene rings is 2. The Labute approximate surface area is 201 Å². The zero-order valence-corrected chi connectivity index (χ0v) is 19.5. The van der Waals surface area contributed by atoms with Gasteiger partial charge in [-0.2, -0.15) is 0 Å². The van der Waals surface area contributed by atoms with E-state index >= 15 is 0 Å². The van der Waals surface area contributed by atoms with E-state index in [4.69, 9.17) is 4.74 Å². The number of non-ortho nitro benzene ring substituents is 1. The van der Waals surface area contributed by atoms with Gasteiger partial charge in [0.1, 0.15) is 17.0 Å². The smallest absolute Gasteiger partial charge is 0.271 e. The Morgan fingerprint density at radius 2 is 1.91 bits per heavy atom. The lowest BCUT2D eigenvalue weighted by atomic mass is 9.75. The molecule has 10 nitrogen and oxygen atoms in total. The van der Waals surface area contributed by atoms with Gasteiger partial charge in [0.25, 0.3) is 5.69 Å². The van der Waals surface area contributed by atoms with Gasteiger partial charge in [-0.3, -0.25) is 29.4 Å². The number of nitro groups is 1. The van der Waals surface area contributed by atoms with Crippen LogP contribution in [-0.4, -0.2) is 47.2 Å². The van der Waals surface area contributed by atoms with Crippen LogP contribution in [0.3, 0.4) is 0 Å². The second kappa shape index (κ2) is 7.11. The van der Waals surface area contributed by atoms with Gasteiger partial charge < -0.3 is 10.1 Å². The minimum atomic E-state index is -1.30. The Morgan fingerprint density at radius 3 is 2.63 bits per heavy atom. The molecule has 0 aromatic heterocycles. The van der Waals surface area contributed by atoms with Gasteiger partial charge in [0, 0.05) is 29.4 Å². The number of fused-ring (bicyclic) bond motifs is 7. The first kappa shape index (κ1) is 21.7. The largest absolute Gasteiger partial charge is 0.495 e. The standard InChI is InChI=1S/C25H24N4O6/c1-12-6-8-15-21(13(12)2)26-24(32)25(15)20-19(16-5-4-10-27(16)25)22(30)28(23(20)31)17-11-14(29(33)34)7-9-18(17)35-3/h6-9,11,16,19-20H,4-5,10H2,1-3H3,(H,26,32)/t16-,19+,20+,25-/m0/s1. The number of hydrogen-bond donors (Lipinski definition) is 1. The van der Waals surface area contributed by atoms with E-state index in [-0.39, 0.29) is 29.1 Å². The van der Waals surface area contributed by atoms with Crippen LogP contribution in [0.2, 0.25) is 0 Å². The first-order valence-corrected chi connectivity index (χ1v) is 11.6. The van der Waals surface area contributed by atoms with E-state index in [9.17, 15) is 24.5 Å². The summed E-state index contributed by atoms with van der Waals surface area (Å²) in [5.41, 5.74) is 1.85. The first-order valence-electron chi connectivity index (χ1n) is 11.6. The maximum absolute atomic E-state index is 14.1. The topological polar surface area (TPSA) is 122 Å². The lowest BCUT2D eigenvalue weighted by Crippen LogP contribution is -2.54. The van der Waals surface area contributed by atoms with Crippen LogP contribution in [0.4, 0.5) is 17.1 Å². The number of nitrogens with one attached hydrogen (secondary N) is 1. The molecule has 4 heterocycles. The third-order valence-electron chi connectivity index (χ3n) is 8.31. The van der Waals surface area contributed by atoms with E-state index in [2.05, 4.69) is 10.2 Å². The minimum absolute atomic E-state index is 0.0320. The zero-order chi connectivity index (χ0) is 24.8. The van der Waals surface area contributed by atoms with Crippen molar-refractivity contribution in [2.75, 3.05) is 23.9 Å². The van der Waals surface area contributed by atoms with Crippen LogP contribution in [0.1, 0.15) is 29.5 Å². The number of nitrogens with zero attached hydrogens (tertiary/aromatic N) is 3. The molecule has 0 bridgehead atoms.